The summed E-state index contributed by atoms with van der Waals surface area (Å²) in [5.41, 5.74) is 6.72. The van der Waals surface area contributed by atoms with Crippen molar-refractivity contribution in [1.29, 1.82) is 10.5 Å². The van der Waals surface area contributed by atoms with Crippen molar-refractivity contribution >= 4 is 102 Å². The normalized spacial score (nSPS) is 13.6. The van der Waals surface area contributed by atoms with Crippen molar-refractivity contribution < 1.29 is 4.79 Å². The largest absolute Gasteiger partial charge is 0.336 e. The number of nitrogens with zero attached hydrogens (tertiary/aromatic N) is 9. The van der Waals surface area contributed by atoms with E-state index in [0.29, 0.717) is 41.3 Å². The molecule has 2 saturated heterocycles. The number of carbonyl (C=O) groups is 1. The molecule has 2 aliphatic heterocycles. The highest BCUT2D eigenvalue weighted by molar-refractivity contribution is 14.1. The number of aromatic nitrogens is 4. The minimum atomic E-state index is 0. The number of hydrogen-bond acceptors (Lipinski definition) is 8. The molecule has 2 aliphatic rings. The van der Waals surface area contributed by atoms with E-state index >= 15 is 0 Å². The van der Waals surface area contributed by atoms with Crippen LogP contribution in [-0.2, 0) is 26.2 Å². The molecule has 1 amide bonds. The summed E-state index contributed by atoms with van der Waals surface area (Å²) in [6, 6.07) is 25.1. The first-order chi connectivity index (χ1) is 25.4. The molecule has 0 aliphatic carbocycles. The summed E-state index contributed by atoms with van der Waals surface area (Å²) < 4.78 is 5.23. The zero-order chi connectivity index (χ0) is 36.3. The van der Waals surface area contributed by atoms with Gasteiger partial charge < -0.3 is 19.4 Å². The quantitative estimate of drug-likeness (QED) is 0.153. The predicted molar refractivity (Wildman–Crippen MR) is 245 cm³/mol. The van der Waals surface area contributed by atoms with Crippen LogP contribution in [0.25, 0.3) is 0 Å². The zero-order valence-electron chi connectivity index (χ0n) is 30.9. The topological polar surface area (TPSA) is 122 Å². The molecule has 0 radical (unpaired) electrons. The Morgan fingerprint density at radius 3 is 1.58 bits per heavy atom. The van der Waals surface area contributed by atoms with E-state index in [4.69, 9.17) is 22.1 Å². The van der Waals surface area contributed by atoms with Crippen LogP contribution in [-0.4, -0.2) is 92.1 Å². The van der Waals surface area contributed by atoms with Gasteiger partial charge in [0.1, 0.15) is 0 Å². The van der Waals surface area contributed by atoms with Gasteiger partial charge in [-0.3, -0.25) is 14.6 Å². The summed E-state index contributed by atoms with van der Waals surface area (Å²) in [4.78, 5) is 28.2. The second-order valence-corrected chi connectivity index (χ2v) is 14.5. The number of halogens is 7. The number of carbonyl (C=O) groups excluding carboxylic acids is 1. The third-order valence-electron chi connectivity index (χ3n) is 9.27. The molecule has 2 aromatic heterocycles. The van der Waals surface area contributed by atoms with Gasteiger partial charge in [0.05, 0.1) is 52.9 Å². The summed E-state index contributed by atoms with van der Waals surface area (Å²) in [7, 11) is 0. The molecular weight excluding hydrogens is 964 g/mol. The first-order valence-corrected chi connectivity index (χ1v) is 18.7. The average molecular weight is 1010 g/mol. The molecule has 0 bridgehead atoms. The molecule has 0 unspecified atom stereocenters. The Labute approximate surface area is 384 Å². The van der Waals surface area contributed by atoms with E-state index in [1.807, 2.05) is 84.5 Å². The van der Waals surface area contributed by atoms with Crippen LogP contribution >= 0.6 is 96.2 Å². The number of nitriles is 2. The van der Waals surface area contributed by atoms with E-state index in [0.717, 1.165) is 73.7 Å². The van der Waals surface area contributed by atoms with Gasteiger partial charge in [-0.25, -0.2) is 9.97 Å². The monoisotopic (exact) mass is 1010 g/mol. The molecule has 7 rings (SSSR count). The van der Waals surface area contributed by atoms with Crippen LogP contribution < -0.4 is 5.32 Å². The fraction of sp³-hybridized carbons (Fsp3) is 0.308. The van der Waals surface area contributed by atoms with Gasteiger partial charge in [0, 0.05) is 99.5 Å². The van der Waals surface area contributed by atoms with Gasteiger partial charge in [-0.1, -0.05) is 35.9 Å². The van der Waals surface area contributed by atoms with E-state index < -0.39 is 0 Å². The van der Waals surface area contributed by atoms with Crippen molar-refractivity contribution in [3.8, 4) is 12.1 Å². The molecule has 306 valence electrons. The zero-order valence-corrected chi connectivity index (χ0v) is 37.9. The van der Waals surface area contributed by atoms with E-state index in [2.05, 4.69) is 68.9 Å². The van der Waals surface area contributed by atoms with Gasteiger partial charge in [-0.2, -0.15) is 10.5 Å². The minimum Gasteiger partial charge on any atom is -0.336 e. The van der Waals surface area contributed by atoms with E-state index in [9.17, 15) is 4.79 Å². The third-order valence-corrected chi connectivity index (χ3v) is 10.4. The van der Waals surface area contributed by atoms with Gasteiger partial charge in [-0.15, -0.1) is 62.0 Å². The molecule has 1 N–H and O–H groups in total. The highest BCUT2D eigenvalue weighted by atomic mass is 127. The number of hydrogen-bond donors (Lipinski definition) is 1. The lowest BCUT2D eigenvalue weighted by atomic mass is 10.1. The van der Waals surface area contributed by atoms with Crippen molar-refractivity contribution in [1.82, 2.24) is 39.1 Å². The molecule has 11 nitrogen and oxygen atoms in total. The fourth-order valence-corrected chi connectivity index (χ4v) is 7.01. The van der Waals surface area contributed by atoms with Crippen LogP contribution in [0.5, 0.6) is 0 Å². The second-order valence-electron chi connectivity index (χ2n) is 12.9. The lowest BCUT2D eigenvalue weighted by Gasteiger charge is -2.35. The van der Waals surface area contributed by atoms with E-state index in [-0.39, 0.29) is 67.9 Å². The standard InChI is InChI=1S/C23H21ClIN5O.C16H19N5.5ClH/c24-19-5-6-22(25)21(11-19)23(31)29-9-7-28(8-10-29)15-20-13-27-16-30(20)14-18-3-1-17(12-26)2-4-18;17-9-14-1-3-15(4-2-14)11-21-13-19-10-16(21)12-20-7-5-18-6-8-20;;;;;/h1-6,11,13,16H,7-10,14-15H2;1-4,10,13,18H,5-8,11-12H2;5*1H. The Hall–Kier alpha value is -3.12. The number of imidazole rings is 2. The smallest absolute Gasteiger partial charge is 0.255 e. The van der Waals surface area contributed by atoms with Gasteiger partial charge in [0.15, 0.2) is 0 Å². The Kier molecular flexibility index (Phi) is 23.7. The lowest BCUT2D eigenvalue weighted by molar-refractivity contribution is 0.0624. The van der Waals surface area contributed by atoms with Crippen LogP contribution in [0, 0.1) is 26.2 Å². The Morgan fingerprint density at radius 2 is 1.12 bits per heavy atom. The summed E-state index contributed by atoms with van der Waals surface area (Å²) in [5, 5.41) is 21.7. The van der Waals surface area contributed by atoms with Crippen LogP contribution in [0.15, 0.2) is 91.8 Å². The molecule has 4 heterocycles. The van der Waals surface area contributed by atoms with Gasteiger partial charge in [-0.05, 0) is 76.2 Å². The molecule has 3 aromatic carbocycles. The van der Waals surface area contributed by atoms with Crippen LogP contribution in [0.2, 0.25) is 5.02 Å². The molecule has 2 fully saturated rings. The summed E-state index contributed by atoms with van der Waals surface area (Å²) in [6.45, 7) is 10.5. The maximum Gasteiger partial charge on any atom is 0.255 e. The molecule has 0 spiro atoms. The average Bonchev–Trinajstić information content (AvgIpc) is 3.82. The predicted octanol–water partition coefficient (Wildman–Crippen LogP) is 7.34. The van der Waals surface area contributed by atoms with Gasteiger partial charge >= 0.3 is 0 Å². The highest BCUT2D eigenvalue weighted by Crippen LogP contribution is 2.21. The van der Waals surface area contributed by atoms with E-state index in [1.54, 1.807) is 12.1 Å². The van der Waals surface area contributed by atoms with Crippen molar-refractivity contribution in [2.75, 3.05) is 52.4 Å². The Bertz CT molecular complexity index is 2040. The Balaban J connectivity index is 0.000000555. The maximum atomic E-state index is 12.9. The molecule has 18 heteroatoms. The first-order valence-electron chi connectivity index (χ1n) is 17.2. The summed E-state index contributed by atoms with van der Waals surface area (Å²) in [6.07, 6.45) is 7.57. The number of piperazine rings is 2. The maximum absolute atomic E-state index is 12.9. The Morgan fingerprint density at radius 1 is 0.667 bits per heavy atom. The van der Waals surface area contributed by atoms with Gasteiger partial charge in [0.2, 0.25) is 0 Å². The van der Waals surface area contributed by atoms with Crippen molar-refractivity contribution in [3.05, 3.63) is 140 Å². The second kappa shape index (κ2) is 26.1. The molecular formula is C39H45Cl6IN10O. The number of amides is 1. The van der Waals surface area contributed by atoms with Crippen LogP contribution in [0.1, 0.15) is 44.0 Å². The molecule has 0 saturated carbocycles. The fourth-order valence-electron chi connectivity index (χ4n) is 6.28. The minimum absolute atomic E-state index is 0. The first kappa shape index (κ1) is 51.9. The van der Waals surface area contributed by atoms with Crippen LogP contribution in [0.4, 0.5) is 0 Å². The summed E-state index contributed by atoms with van der Waals surface area (Å²) >= 11 is 8.27. The summed E-state index contributed by atoms with van der Waals surface area (Å²) in [5.74, 6) is 0.0393. The number of nitrogens with one attached hydrogen (secondary N) is 1. The molecule has 57 heavy (non-hydrogen) atoms. The van der Waals surface area contributed by atoms with Crippen molar-refractivity contribution in [2.45, 2.75) is 26.2 Å². The van der Waals surface area contributed by atoms with E-state index in [1.165, 1.54) is 11.3 Å². The molecule has 5 aromatic rings. The number of benzene rings is 3. The van der Waals surface area contributed by atoms with Gasteiger partial charge in [0.25, 0.3) is 5.91 Å². The molecule has 0 atom stereocenters. The lowest BCUT2D eigenvalue weighted by Crippen LogP contribution is -2.48. The third kappa shape index (κ3) is 14.9. The SMILES string of the molecule is Cl.Cl.Cl.Cl.Cl.N#Cc1ccc(Cn2cncc2CN2CCN(C(=O)c3cc(Cl)ccc3I)CC2)cc1.N#Cc1ccc(Cn2cncc2CN2CCNCC2)cc1. The highest BCUT2D eigenvalue weighted by Gasteiger charge is 2.24. The number of rotatable bonds is 9. The van der Waals surface area contributed by atoms with Crippen molar-refractivity contribution in [2.24, 2.45) is 0 Å². The van der Waals surface area contributed by atoms with Crippen LogP contribution in [0.3, 0.4) is 0 Å². The van der Waals surface area contributed by atoms with Crippen molar-refractivity contribution in [3.63, 3.8) is 0 Å².